The Kier molecular flexibility index (Phi) is 2.22. The Labute approximate surface area is 71.7 Å². The van der Waals surface area contributed by atoms with Crippen molar-refractivity contribution in [3.8, 4) is 0 Å². The van der Waals surface area contributed by atoms with E-state index in [0.717, 1.165) is 16.8 Å². The molecule has 0 saturated heterocycles. The number of rotatable bonds is 1. The fourth-order valence-corrected chi connectivity index (χ4v) is 1.15. The van der Waals surface area contributed by atoms with E-state index in [4.69, 9.17) is 0 Å². The highest BCUT2D eigenvalue weighted by atomic mass is 16.5. The minimum Gasteiger partial charge on any atom is -0.464 e. The highest BCUT2D eigenvalue weighted by Crippen LogP contribution is 2.16. The molecule has 1 N–H and O–H groups in total. The van der Waals surface area contributed by atoms with E-state index in [0.29, 0.717) is 5.69 Å². The van der Waals surface area contributed by atoms with Crippen LogP contribution in [0.25, 0.3) is 0 Å². The molecule has 0 bridgehead atoms. The first kappa shape index (κ1) is 8.84. The molecule has 0 fully saturated rings. The second-order valence-corrected chi connectivity index (χ2v) is 2.87. The van der Waals surface area contributed by atoms with Crippen LogP contribution in [0.5, 0.6) is 0 Å². The van der Waals surface area contributed by atoms with Crippen molar-refractivity contribution >= 4 is 5.97 Å². The zero-order valence-electron chi connectivity index (χ0n) is 7.82. The van der Waals surface area contributed by atoms with Gasteiger partial charge in [-0.2, -0.15) is 0 Å². The molecule has 0 unspecified atom stereocenters. The van der Waals surface area contributed by atoms with Crippen LogP contribution in [0.1, 0.15) is 27.3 Å². The summed E-state index contributed by atoms with van der Waals surface area (Å²) in [7, 11) is 1.38. The van der Waals surface area contributed by atoms with Gasteiger partial charge < -0.3 is 9.72 Å². The number of aromatic amines is 1. The molecule has 0 aliphatic carbocycles. The third-order valence-electron chi connectivity index (χ3n) is 2.20. The van der Waals surface area contributed by atoms with E-state index in [2.05, 4.69) is 9.72 Å². The minimum atomic E-state index is -0.302. The van der Waals surface area contributed by atoms with Crippen molar-refractivity contribution in [1.29, 1.82) is 0 Å². The number of hydrogen-bond acceptors (Lipinski definition) is 2. The second kappa shape index (κ2) is 3.01. The molecular formula is C9H13NO2. The molecule has 0 radical (unpaired) electrons. The van der Waals surface area contributed by atoms with Crippen LogP contribution >= 0.6 is 0 Å². The fraction of sp³-hybridized carbons (Fsp3) is 0.444. The molecule has 3 nitrogen and oxygen atoms in total. The van der Waals surface area contributed by atoms with Crippen LogP contribution in [0.3, 0.4) is 0 Å². The maximum absolute atomic E-state index is 11.1. The third-order valence-corrected chi connectivity index (χ3v) is 2.20. The van der Waals surface area contributed by atoms with E-state index in [-0.39, 0.29) is 5.97 Å². The highest BCUT2D eigenvalue weighted by Gasteiger charge is 2.14. The van der Waals surface area contributed by atoms with Crippen molar-refractivity contribution < 1.29 is 9.53 Å². The standard InChI is InChI=1S/C9H13NO2/c1-5-6(2)8(9(11)12-4)10-7(5)3/h10H,1-4H3. The molecule has 1 aromatic heterocycles. The number of aryl methyl sites for hydroxylation is 1. The highest BCUT2D eigenvalue weighted by molar-refractivity contribution is 5.89. The summed E-state index contributed by atoms with van der Waals surface area (Å²) in [6.45, 7) is 5.83. The van der Waals surface area contributed by atoms with Crippen molar-refractivity contribution in [1.82, 2.24) is 4.98 Å². The van der Waals surface area contributed by atoms with Crippen molar-refractivity contribution in [2.24, 2.45) is 0 Å². The first-order chi connectivity index (χ1) is 5.57. The number of aromatic nitrogens is 1. The lowest BCUT2D eigenvalue weighted by atomic mass is 10.1. The summed E-state index contributed by atoms with van der Waals surface area (Å²) in [5.74, 6) is -0.302. The monoisotopic (exact) mass is 167 g/mol. The molecule has 0 spiro atoms. The normalized spacial score (nSPS) is 10.0. The van der Waals surface area contributed by atoms with E-state index >= 15 is 0 Å². The Hall–Kier alpha value is -1.25. The van der Waals surface area contributed by atoms with Crippen LogP contribution in [0.15, 0.2) is 0 Å². The van der Waals surface area contributed by atoms with Gasteiger partial charge in [0.25, 0.3) is 0 Å². The predicted octanol–water partition coefficient (Wildman–Crippen LogP) is 1.73. The number of esters is 1. The lowest BCUT2D eigenvalue weighted by Gasteiger charge is -1.96. The van der Waals surface area contributed by atoms with Crippen molar-refractivity contribution in [3.63, 3.8) is 0 Å². The van der Waals surface area contributed by atoms with Gasteiger partial charge in [0.05, 0.1) is 7.11 Å². The summed E-state index contributed by atoms with van der Waals surface area (Å²) in [6.07, 6.45) is 0. The predicted molar refractivity (Wildman–Crippen MR) is 46.3 cm³/mol. The Morgan fingerprint density at radius 3 is 2.17 bits per heavy atom. The number of methoxy groups -OCH3 is 1. The average molecular weight is 167 g/mol. The van der Waals surface area contributed by atoms with Crippen molar-refractivity contribution in [3.05, 3.63) is 22.5 Å². The lowest BCUT2D eigenvalue weighted by Crippen LogP contribution is -2.03. The van der Waals surface area contributed by atoms with E-state index < -0.39 is 0 Å². The summed E-state index contributed by atoms with van der Waals surface area (Å²) in [6, 6.07) is 0. The summed E-state index contributed by atoms with van der Waals surface area (Å²) in [5, 5.41) is 0. The molecule has 0 aliphatic rings. The topological polar surface area (TPSA) is 42.1 Å². The smallest absolute Gasteiger partial charge is 0.354 e. The minimum absolute atomic E-state index is 0.302. The van der Waals surface area contributed by atoms with E-state index in [1.165, 1.54) is 7.11 Å². The molecule has 1 heterocycles. The van der Waals surface area contributed by atoms with Crippen LogP contribution in [0, 0.1) is 20.8 Å². The molecule has 66 valence electrons. The second-order valence-electron chi connectivity index (χ2n) is 2.87. The SMILES string of the molecule is COC(=O)c1[nH]c(C)c(C)c1C. The van der Waals surface area contributed by atoms with Gasteiger partial charge in [0, 0.05) is 5.69 Å². The number of hydrogen-bond donors (Lipinski definition) is 1. The largest absolute Gasteiger partial charge is 0.464 e. The summed E-state index contributed by atoms with van der Waals surface area (Å²) in [5.41, 5.74) is 3.68. The van der Waals surface area contributed by atoms with Crippen molar-refractivity contribution in [2.75, 3.05) is 7.11 Å². The van der Waals surface area contributed by atoms with Crippen LogP contribution in [-0.2, 0) is 4.74 Å². The van der Waals surface area contributed by atoms with Gasteiger partial charge in [-0.1, -0.05) is 0 Å². The molecule has 1 aromatic rings. The first-order valence-corrected chi connectivity index (χ1v) is 3.82. The van der Waals surface area contributed by atoms with Crippen LogP contribution in [0.2, 0.25) is 0 Å². The number of nitrogens with one attached hydrogen (secondary N) is 1. The number of carbonyl (C=O) groups is 1. The molecule has 0 saturated carbocycles. The number of carbonyl (C=O) groups excluding carboxylic acids is 1. The van der Waals surface area contributed by atoms with Gasteiger partial charge in [-0.3, -0.25) is 0 Å². The Morgan fingerprint density at radius 2 is 1.83 bits per heavy atom. The maximum atomic E-state index is 11.1. The third kappa shape index (κ3) is 1.22. The molecule has 12 heavy (non-hydrogen) atoms. The summed E-state index contributed by atoms with van der Waals surface area (Å²) >= 11 is 0. The van der Waals surface area contributed by atoms with Crippen LogP contribution in [-0.4, -0.2) is 18.1 Å². The molecule has 0 aliphatic heterocycles. The van der Waals surface area contributed by atoms with Gasteiger partial charge in [0.2, 0.25) is 0 Å². The van der Waals surface area contributed by atoms with Crippen molar-refractivity contribution in [2.45, 2.75) is 20.8 Å². The Bertz CT molecular complexity index is 313. The van der Waals surface area contributed by atoms with Gasteiger partial charge in [-0.05, 0) is 31.9 Å². The number of ether oxygens (including phenoxy) is 1. The Morgan fingerprint density at radius 1 is 1.25 bits per heavy atom. The van der Waals surface area contributed by atoms with Crippen LogP contribution in [0.4, 0.5) is 0 Å². The molecule has 3 heteroatoms. The molecule has 0 aromatic carbocycles. The average Bonchev–Trinajstić information content (AvgIpc) is 2.32. The molecule has 0 atom stereocenters. The van der Waals surface area contributed by atoms with Gasteiger partial charge in [-0.15, -0.1) is 0 Å². The molecular weight excluding hydrogens is 154 g/mol. The number of H-pyrrole nitrogens is 1. The van der Waals surface area contributed by atoms with Gasteiger partial charge in [0.1, 0.15) is 5.69 Å². The zero-order chi connectivity index (χ0) is 9.30. The quantitative estimate of drug-likeness (QED) is 0.647. The van der Waals surface area contributed by atoms with Gasteiger partial charge in [0.15, 0.2) is 0 Å². The maximum Gasteiger partial charge on any atom is 0.354 e. The lowest BCUT2D eigenvalue weighted by molar-refractivity contribution is 0.0594. The van der Waals surface area contributed by atoms with E-state index in [1.807, 2.05) is 20.8 Å². The molecule has 1 rings (SSSR count). The van der Waals surface area contributed by atoms with E-state index in [9.17, 15) is 4.79 Å². The Balaban J connectivity index is 3.17. The fourth-order valence-electron chi connectivity index (χ4n) is 1.15. The van der Waals surface area contributed by atoms with Gasteiger partial charge in [-0.25, -0.2) is 4.79 Å². The first-order valence-electron chi connectivity index (χ1n) is 3.82. The zero-order valence-corrected chi connectivity index (χ0v) is 7.82. The van der Waals surface area contributed by atoms with Gasteiger partial charge >= 0.3 is 5.97 Å². The van der Waals surface area contributed by atoms with Crippen LogP contribution < -0.4 is 0 Å². The summed E-state index contributed by atoms with van der Waals surface area (Å²) < 4.78 is 4.62. The van der Waals surface area contributed by atoms with E-state index in [1.54, 1.807) is 0 Å². The summed E-state index contributed by atoms with van der Waals surface area (Å²) in [4.78, 5) is 14.1. The molecule has 0 amide bonds.